The molecule has 0 aromatic heterocycles. The molecule has 0 saturated heterocycles. The molecule has 0 N–H and O–H groups in total. The van der Waals surface area contributed by atoms with E-state index in [1.165, 1.54) is 5.56 Å². The average molecular weight is 236 g/mol. The lowest BCUT2D eigenvalue weighted by atomic mass is 9.94. The lowest BCUT2D eigenvalue weighted by molar-refractivity contribution is 0.191. The van der Waals surface area contributed by atoms with E-state index in [0.29, 0.717) is 12.4 Å². The van der Waals surface area contributed by atoms with Gasteiger partial charge in [0.15, 0.2) is 0 Å². The maximum Gasteiger partial charge on any atom is 0.228 e. The molecule has 17 heavy (non-hydrogen) atoms. The summed E-state index contributed by atoms with van der Waals surface area (Å²) in [5.74, 6) is 1.38. The third kappa shape index (κ3) is 2.28. The maximum absolute atomic E-state index is 12.0. The monoisotopic (exact) mass is 236 g/mol. The zero-order valence-electron chi connectivity index (χ0n) is 10.0. The predicted molar refractivity (Wildman–Crippen MR) is 64.7 cm³/mol. The van der Waals surface area contributed by atoms with Gasteiger partial charge in [-0.1, -0.05) is 18.7 Å². The van der Waals surface area contributed by atoms with Crippen molar-refractivity contribution in [2.24, 2.45) is 0 Å². The van der Waals surface area contributed by atoms with Gasteiger partial charge in [-0.3, -0.25) is 0 Å². The van der Waals surface area contributed by atoms with Gasteiger partial charge in [0.25, 0.3) is 0 Å². The third-order valence-electron chi connectivity index (χ3n) is 3.23. The number of allylic oxidation sites excluding steroid dienone is 1. The van der Waals surface area contributed by atoms with E-state index in [9.17, 15) is 4.39 Å². The minimum atomic E-state index is -0.795. The molecule has 3 heteroatoms. The van der Waals surface area contributed by atoms with Crippen molar-refractivity contribution in [1.82, 2.24) is 0 Å². The highest BCUT2D eigenvalue weighted by Gasteiger charge is 2.48. The molecule has 1 fully saturated rings. The van der Waals surface area contributed by atoms with Gasteiger partial charge in [0.2, 0.25) is 6.86 Å². The molecule has 2 rings (SSSR count). The van der Waals surface area contributed by atoms with Crippen LogP contribution >= 0.6 is 0 Å². The normalized spacial score (nSPS) is 16.4. The lowest BCUT2D eigenvalue weighted by Gasteiger charge is -2.19. The highest BCUT2D eigenvalue weighted by molar-refractivity contribution is 5.41. The van der Waals surface area contributed by atoms with Crippen molar-refractivity contribution in [2.45, 2.75) is 25.2 Å². The second-order valence-electron chi connectivity index (χ2n) is 4.22. The van der Waals surface area contributed by atoms with Crippen LogP contribution in [0, 0.1) is 0 Å². The number of hydrogen-bond acceptors (Lipinski definition) is 2. The van der Waals surface area contributed by atoms with Crippen molar-refractivity contribution in [3.63, 3.8) is 0 Å². The smallest absolute Gasteiger partial charge is 0.228 e. The molecule has 2 nitrogen and oxygen atoms in total. The van der Waals surface area contributed by atoms with Crippen molar-refractivity contribution >= 4 is 0 Å². The fraction of sp³-hybridized carbons (Fsp3) is 0.429. The molecular weight excluding hydrogens is 219 g/mol. The molecule has 0 amide bonds. The van der Waals surface area contributed by atoms with E-state index in [-0.39, 0.29) is 5.41 Å². The average Bonchev–Trinajstić information content (AvgIpc) is 3.12. The van der Waals surface area contributed by atoms with Crippen LogP contribution < -0.4 is 4.74 Å². The molecule has 0 unspecified atom stereocenters. The molecule has 0 atom stereocenters. The Bertz CT molecular complexity index is 393. The van der Waals surface area contributed by atoms with E-state index in [4.69, 9.17) is 9.47 Å². The second-order valence-corrected chi connectivity index (χ2v) is 4.22. The van der Waals surface area contributed by atoms with Crippen LogP contribution in [0.15, 0.2) is 36.6 Å². The van der Waals surface area contributed by atoms with Crippen LogP contribution in [0.5, 0.6) is 5.75 Å². The van der Waals surface area contributed by atoms with Crippen molar-refractivity contribution in [3.8, 4) is 5.75 Å². The molecule has 0 aliphatic heterocycles. The maximum atomic E-state index is 12.0. The molecule has 0 radical (unpaired) electrons. The van der Waals surface area contributed by atoms with Gasteiger partial charge in [-0.05, 0) is 37.5 Å². The molecule has 0 bridgehead atoms. The Hall–Kier alpha value is -1.51. The summed E-state index contributed by atoms with van der Waals surface area (Å²) in [5.41, 5.74) is 1.15. The predicted octanol–water partition coefficient (Wildman–Crippen LogP) is 3.57. The summed E-state index contributed by atoms with van der Waals surface area (Å²) in [6.45, 7) is 5.81. The molecule has 0 spiro atoms. The van der Waals surface area contributed by atoms with Gasteiger partial charge in [0.1, 0.15) is 5.75 Å². The van der Waals surface area contributed by atoms with Crippen LogP contribution in [-0.4, -0.2) is 13.5 Å². The van der Waals surface area contributed by atoms with Crippen molar-refractivity contribution in [2.75, 3.05) is 13.5 Å². The second kappa shape index (κ2) is 4.78. The third-order valence-corrected chi connectivity index (χ3v) is 3.23. The van der Waals surface area contributed by atoms with Crippen LogP contribution in [0.25, 0.3) is 0 Å². The molecule has 1 saturated carbocycles. The first-order chi connectivity index (χ1) is 8.23. The fourth-order valence-corrected chi connectivity index (χ4v) is 2.10. The quantitative estimate of drug-likeness (QED) is 0.703. The Balaban J connectivity index is 2.14. The first kappa shape index (κ1) is 12.0. The summed E-state index contributed by atoms with van der Waals surface area (Å²) >= 11 is 0. The first-order valence-corrected chi connectivity index (χ1v) is 5.84. The molecule has 92 valence electrons. The van der Waals surface area contributed by atoms with Gasteiger partial charge in [-0.25, -0.2) is 4.39 Å². The van der Waals surface area contributed by atoms with Crippen LogP contribution in [-0.2, 0) is 10.2 Å². The fourth-order valence-electron chi connectivity index (χ4n) is 2.10. The van der Waals surface area contributed by atoms with Crippen LogP contribution in [0.1, 0.15) is 25.3 Å². The van der Waals surface area contributed by atoms with Gasteiger partial charge >= 0.3 is 0 Å². The number of halogens is 1. The van der Waals surface area contributed by atoms with Crippen molar-refractivity contribution in [3.05, 3.63) is 42.2 Å². The van der Waals surface area contributed by atoms with Crippen LogP contribution in [0.2, 0.25) is 0 Å². The standard InChI is InChI=1S/C14H17FO2/c1-3-16-11(2)14(8-9-14)12-4-6-13(7-5-12)17-10-15/h4-7H,2-3,8-10H2,1H3. The SMILES string of the molecule is C=C(OCC)C1(c2ccc(OCF)cc2)CC1. The summed E-state index contributed by atoms with van der Waals surface area (Å²) in [6.07, 6.45) is 2.13. The van der Waals surface area contributed by atoms with Gasteiger partial charge in [-0.2, -0.15) is 0 Å². The highest BCUT2D eigenvalue weighted by Crippen LogP contribution is 2.53. The van der Waals surface area contributed by atoms with Gasteiger partial charge in [0.05, 0.1) is 17.8 Å². The molecule has 1 aromatic carbocycles. The molecular formula is C14H17FO2. The number of ether oxygens (including phenoxy) is 2. The van der Waals surface area contributed by atoms with E-state index in [2.05, 4.69) is 6.58 Å². The van der Waals surface area contributed by atoms with Crippen LogP contribution in [0.3, 0.4) is 0 Å². The van der Waals surface area contributed by atoms with E-state index in [0.717, 1.165) is 18.6 Å². The molecule has 1 aliphatic carbocycles. The summed E-state index contributed by atoms with van der Waals surface area (Å²) in [5, 5.41) is 0. The van der Waals surface area contributed by atoms with Gasteiger partial charge in [0, 0.05) is 0 Å². The Morgan fingerprint density at radius 1 is 1.35 bits per heavy atom. The molecule has 1 aromatic rings. The molecule has 0 heterocycles. The summed E-state index contributed by atoms with van der Waals surface area (Å²) in [6, 6.07) is 7.49. The largest absolute Gasteiger partial charge is 0.498 e. The van der Waals surface area contributed by atoms with E-state index < -0.39 is 6.86 Å². The topological polar surface area (TPSA) is 18.5 Å². The van der Waals surface area contributed by atoms with Crippen molar-refractivity contribution < 1.29 is 13.9 Å². The minimum Gasteiger partial charge on any atom is -0.498 e. The van der Waals surface area contributed by atoms with E-state index >= 15 is 0 Å². The Morgan fingerprint density at radius 3 is 2.47 bits per heavy atom. The Morgan fingerprint density at radius 2 is 2.00 bits per heavy atom. The minimum absolute atomic E-state index is 0.0236. The van der Waals surface area contributed by atoms with E-state index in [1.54, 1.807) is 12.1 Å². The highest BCUT2D eigenvalue weighted by atomic mass is 19.1. The number of rotatable bonds is 6. The summed E-state index contributed by atoms with van der Waals surface area (Å²) in [7, 11) is 0. The first-order valence-electron chi connectivity index (χ1n) is 5.84. The van der Waals surface area contributed by atoms with E-state index in [1.807, 2.05) is 19.1 Å². The Labute approximate surface area is 101 Å². The lowest BCUT2D eigenvalue weighted by Crippen LogP contribution is -2.12. The molecule has 1 aliphatic rings. The van der Waals surface area contributed by atoms with Gasteiger partial charge in [-0.15, -0.1) is 0 Å². The summed E-state index contributed by atoms with van der Waals surface area (Å²) < 4.78 is 22.3. The zero-order valence-corrected chi connectivity index (χ0v) is 10.0. The van der Waals surface area contributed by atoms with Gasteiger partial charge < -0.3 is 9.47 Å². The Kier molecular flexibility index (Phi) is 3.36. The number of hydrogen-bond donors (Lipinski definition) is 0. The zero-order chi connectivity index (χ0) is 12.3. The van der Waals surface area contributed by atoms with Crippen LogP contribution in [0.4, 0.5) is 4.39 Å². The van der Waals surface area contributed by atoms with Crippen molar-refractivity contribution in [1.29, 1.82) is 0 Å². The summed E-state index contributed by atoms with van der Waals surface area (Å²) in [4.78, 5) is 0. The number of benzene rings is 1. The number of alkyl halides is 1.